The quantitative estimate of drug-likeness (QED) is 0.180. The van der Waals surface area contributed by atoms with E-state index in [4.69, 9.17) is 11.3 Å². The smallest absolute Gasteiger partial charge is 0.260 e. The minimum absolute atomic E-state index is 0.0551. The highest BCUT2D eigenvalue weighted by molar-refractivity contribution is 6.09. The van der Waals surface area contributed by atoms with Crippen LogP contribution in [0.3, 0.4) is 0 Å². The van der Waals surface area contributed by atoms with Gasteiger partial charge in [0.25, 0.3) is 5.91 Å². The summed E-state index contributed by atoms with van der Waals surface area (Å²) in [5, 5.41) is 9.68. The lowest BCUT2D eigenvalue weighted by Crippen LogP contribution is -2.41. The molecule has 1 saturated heterocycles. The molecule has 0 bridgehead atoms. The minimum atomic E-state index is -0.0805. The van der Waals surface area contributed by atoms with Gasteiger partial charge in [0, 0.05) is 29.8 Å². The Bertz CT molecular complexity index is 1550. The Balaban J connectivity index is 1.19. The summed E-state index contributed by atoms with van der Waals surface area (Å²) in [7, 11) is 0. The maximum absolute atomic E-state index is 13.0. The van der Waals surface area contributed by atoms with Gasteiger partial charge in [0.15, 0.2) is 18.1 Å². The van der Waals surface area contributed by atoms with E-state index in [1.54, 1.807) is 48.5 Å². The van der Waals surface area contributed by atoms with E-state index in [9.17, 15) is 14.7 Å². The number of phenols is 1. The van der Waals surface area contributed by atoms with Crippen LogP contribution in [-0.4, -0.2) is 41.4 Å². The molecule has 1 amide bonds. The van der Waals surface area contributed by atoms with Crippen molar-refractivity contribution < 1.29 is 19.4 Å². The average molecular weight is 545 g/mol. The normalized spacial score (nSPS) is 13.4. The molecule has 1 aliphatic heterocycles. The van der Waals surface area contributed by atoms with Crippen molar-refractivity contribution in [1.29, 1.82) is 0 Å². The fraction of sp³-hybridized carbons (Fsp3) is 0.229. The molecule has 1 N–H and O–H groups in total. The molecule has 0 atom stereocenters. The van der Waals surface area contributed by atoms with Crippen LogP contribution in [0.15, 0.2) is 97.1 Å². The Hall–Kier alpha value is -4.89. The first-order valence-corrected chi connectivity index (χ1v) is 13.9. The summed E-state index contributed by atoms with van der Waals surface area (Å²) >= 11 is 0. The lowest BCUT2D eigenvalue weighted by atomic mass is 9.90. The zero-order valence-corrected chi connectivity index (χ0v) is 22.8. The topological polar surface area (TPSA) is 71.2 Å². The summed E-state index contributed by atoms with van der Waals surface area (Å²) in [5.74, 6) is 1.25. The number of carbonyl (C=O) groups excluding carboxylic acids is 2. The Morgan fingerprint density at radius 2 is 1.61 bits per heavy atom. The van der Waals surface area contributed by atoms with Crippen molar-refractivity contribution in [3.05, 3.63) is 125 Å². The molecule has 1 aliphatic rings. The van der Waals surface area contributed by atoms with E-state index in [-0.39, 0.29) is 18.3 Å². The number of hydrogen-bond acceptors (Lipinski definition) is 4. The predicted molar refractivity (Wildman–Crippen MR) is 159 cm³/mol. The number of carbonyl (C=O) groups is 2. The van der Waals surface area contributed by atoms with Gasteiger partial charge in [-0.05, 0) is 67.0 Å². The molecule has 206 valence electrons. The number of aromatic hydroxyl groups is 1. The van der Waals surface area contributed by atoms with Crippen LogP contribution in [0.5, 0.6) is 11.5 Å². The van der Waals surface area contributed by atoms with Crippen molar-refractivity contribution >= 4 is 17.4 Å². The van der Waals surface area contributed by atoms with Gasteiger partial charge in [-0.1, -0.05) is 72.8 Å². The van der Waals surface area contributed by atoms with E-state index >= 15 is 0 Å². The average Bonchev–Trinajstić information content (AvgIpc) is 3.03. The number of benzene rings is 4. The van der Waals surface area contributed by atoms with Crippen molar-refractivity contribution in [2.75, 3.05) is 19.7 Å². The van der Waals surface area contributed by atoms with Gasteiger partial charge >= 0.3 is 0 Å². The third kappa shape index (κ3) is 7.01. The van der Waals surface area contributed by atoms with E-state index in [1.165, 1.54) is 0 Å². The van der Waals surface area contributed by atoms with E-state index < -0.39 is 0 Å². The first-order chi connectivity index (χ1) is 20.0. The Morgan fingerprint density at radius 1 is 0.878 bits per heavy atom. The molecule has 4 aromatic rings. The maximum Gasteiger partial charge on any atom is 0.260 e. The zero-order chi connectivity index (χ0) is 28.6. The third-order valence-corrected chi connectivity index (χ3v) is 7.66. The molecule has 0 saturated carbocycles. The molecular weight excluding hydrogens is 512 g/mol. The minimum Gasteiger partial charge on any atom is -0.508 e. The van der Waals surface area contributed by atoms with Crippen LogP contribution >= 0.6 is 0 Å². The van der Waals surface area contributed by atoms with Crippen LogP contribution in [-0.2, 0) is 11.2 Å². The highest BCUT2D eigenvalue weighted by Gasteiger charge is 2.23. The zero-order valence-electron chi connectivity index (χ0n) is 22.8. The molecule has 0 aromatic heterocycles. The summed E-state index contributed by atoms with van der Waals surface area (Å²) in [5.41, 5.74) is 4.30. The van der Waals surface area contributed by atoms with Crippen molar-refractivity contribution in [3.8, 4) is 22.6 Å². The van der Waals surface area contributed by atoms with E-state index in [1.807, 2.05) is 53.4 Å². The van der Waals surface area contributed by atoms with Gasteiger partial charge in [-0.2, -0.15) is 0 Å². The molecule has 0 radical (unpaired) electrons. The number of piperidine rings is 1. The Kier molecular flexibility index (Phi) is 8.76. The van der Waals surface area contributed by atoms with E-state index in [2.05, 4.69) is 4.85 Å². The van der Waals surface area contributed by atoms with Crippen LogP contribution in [0.4, 0.5) is 5.69 Å². The molecule has 0 spiro atoms. The fourth-order valence-electron chi connectivity index (χ4n) is 5.28. The lowest BCUT2D eigenvalue weighted by molar-refractivity contribution is -0.134. The highest BCUT2D eigenvalue weighted by atomic mass is 16.5. The van der Waals surface area contributed by atoms with Gasteiger partial charge in [0.05, 0.1) is 6.57 Å². The van der Waals surface area contributed by atoms with Crippen molar-refractivity contribution in [3.63, 3.8) is 0 Å². The SMILES string of the molecule is [C-]#[N+]c1ccc(OCC(=O)N2CCC(CCc3cccc(O)c3)CC2)c(-c2ccc(C(=O)c3ccccc3)cc2)c1. The van der Waals surface area contributed by atoms with Crippen LogP contribution < -0.4 is 4.74 Å². The molecular formula is C35H32N2O4. The molecule has 4 aromatic carbocycles. The molecule has 0 unspecified atom stereocenters. The fourth-order valence-corrected chi connectivity index (χ4v) is 5.28. The number of ether oxygens (including phenoxy) is 1. The number of rotatable bonds is 9. The molecule has 1 fully saturated rings. The van der Waals surface area contributed by atoms with E-state index in [0.717, 1.165) is 36.8 Å². The van der Waals surface area contributed by atoms with Crippen molar-refractivity contribution in [2.24, 2.45) is 5.92 Å². The summed E-state index contributed by atoms with van der Waals surface area (Å²) in [6, 6.07) is 28.9. The van der Waals surface area contributed by atoms with Gasteiger partial charge in [-0.15, -0.1) is 0 Å². The number of likely N-dealkylation sites (tertiary alicyclic amines) is 1. The van der Waals surface area contributed by atoms with Gasteiger partial charge in [0.2, 0.25) is 0 Å². The number of aryl methyl sites for hydroxylation is 1. The number of hydrogen-bond donors (Lipinski definition) is 1. The number of phenolic OH excluding ortho intramolecular Hbond substituents is 1. The van der Waals surface area contributed by atoms with Crippen molar-refractivity contribution in [1.82, 2.24) is 4.90 Å². The molecule has 5 rings (SSSR count). The summed E-state index contributed by atoms with van der Waals surface area (Å²) in [4.78, 5) is 31.2. The number of ketones is 1. The number of amides is 1. The highest BCUT2D eigenvalue weighted by Crippen LogP contribution is 2.34. The van der Waals surface area contributed by atoms with Gasteiger partial charge in [0.1, 0.15) is 11.5 Å². The standard InChI is InChI=1S/C35H32N2O4/c1-36-30-16-17-33(32(23-30)27-12-14-29(15-13-27)35(40)28-7-3-2-4-8-28)41-24-34(39)37-20-18-25(19-21-37)10-11-26-6-5-9-31(38)22-26/h2-9,12-17,22-23,25,38H,10-11,18-21,24H2. The number of nitrogens with zero attached hydrogens (tertiary/aromatic N) is 2. The summed E-state index contributed by atoms with van der Waals surface area (Å²) < 4.78 is 6.01. The Morgan fingerprint density at radius 3 is 2.32 bits per heavy atom. The van der Waals surface area contributed by atoms with Crippen LogP contribution in [0.1, 0.15) is 40.7 Å². The molecule has 6 heteroatoms. The molecule has 41 heavy (non-hydrogen) atoms. The second kappa shape index (κ2) is 13.0. The molecule has 6 nitrogen and oxygen atoms in total. The predicted octanol–water partition coefficient (Wildman–Crippen LogP) is 7.09. The van der Waals surface area contributed by atoms with Crippen LogP contribution in [0.2, 0.25) is 0 Å². The second-order valence-corrected chi connectivity index (χ2v) is 10.4. The summed E-state index contributed by atoms with van der Waals surface area (Å²) in [6.45, 7) is 8.76. The third-order valence-electron chi connectivity index (χ3n) is 7.66. The maximum atomic E-state index is 13.0. The first kappa shape index (κ1) is 27.7. The molecule has 0 aliphatic carbocycles. The van der Waals surface area contributed by atoms with Gasteiger partial charge in [-0.3, -0.25) is 9.59 Å². The lowest BCUT2D eigenvalue weighted by Gasteiger charge is -2.32. The van der Waals surface area contributed by atoms with E-state index in [0.29, 0.717) is 52.9 Å². The van der Waals surface area contributed by atoms with Gasteiger partial charge in [-0.25, -0.2) is 4.85 Å². The van der Waals surface area contributed by atoms with Crippen LogP contribution in [0, 0.1) is 12.5 Å². The van der Waals surface area contributed by atoms with Crippen LogP contribution in [0.25, 0.3) is 16.0 Å². The largest absolute Gasteiger partial charge is 0.508 e. The summed E-state index contributed by atoms with van der Waals surface area (Å²) in [6.07, 6.45) is 3.85. The first-order valence-electron chi connectivity index (χ1n) is 13.9. The monoisotopic (exact) mass is 544 g/mol. The van der Waals surface area contributed by atoms with Gasteiger partial charge < -0.3 is 14.7 Å². The second-order valence-electron chi connectivity index (χ2n) is 10.4. The molecule has 1 heterocycles. The Labute approximate surface area is 240 Å². The van der Waals surface area contributed by atoms with Crippen molar-refractivity contribution in [2.45, 2.75) is 25.7 Å².